The SMILES string of the molecule is CNS(=O)(=O)c1cc(/C=C/C(=O)NCc2ccc(-n3cnc4ccccc43)nc2)ccc1OC. The number of nitrogens with one attached hydrogen (secondary N) is 2. The lowest BCUT2D eigenvalue weighted by atomic mass is 10.2. The smallest absolute Gasteiger partial charge is 0.244 e. The molecule has 0 spiro atoms. The van der Waals surface area contributed by atoms with Crippen LogP contribution in [0.3, 0.4) is 0 Å². The highest BCUT2D eigenvalue weighted by Gasteiger charge is 2.17. The van der Waals surface area contributed by atoms with Crippen molar-refractivity contribution >= 4 is 33.0 Å². The van der Waals surface area contributed by atoms with Crippen LogP contribution in [0.4, 0.5) is 0 Å². The molecule has 34 heavy (non-hydrogen) atoms. The molecule has 0 saturated carbocycles. The number of rotatable bonds is 8. The van der Waals surface area contributed by atoms with Gasteiger partial charge in [0.05, 0.1) is 18.1 Å². The molecule has 4 aromatic rings. The standard InChI is InChI=1S/C24H23N5O4S/c1-25-34(31,32)22-13-17(7-10-21(22)33-2)9-12-24(30)27-15-18-8-11-23(26-14-18)29-16-28-19-5-3-4-6-20(19)29/h3-14,16,25H,15H2,1-2H3,(H,27,30)/b12-9+. The predicted molar refractivity (Wildman–Crippen MR) is 129 cm³/mol. The average Bonchev–Trinajstić information content (AvgIpc) is 3.30. The number of amides is 1. The molecule has 174 valence electrons. The van der Waals surface area contributed by atoms with Gasteiger partial charge in [0, 0.05) is 18.8 Å². The summed E-state index contributed by atoms with van der Waals surface area (Å²) < 4.78 is 33.7. The predicted octanol–water partition coefficient (Wildman–Crippen LogP) is 2.67. The second-order valence-electron chi connectivity index (χ2n) is 7.30. The number of nitrogens with zero attached hydrogens (tertiary/aromatic N) is 3. The second-order valence-corrected chi connectivity index (χ2v) is 9.15. The fourth-order valence-corrected chi connectivity index (χ4v) is 4.27. The van der Waals surface area contributed by atoms with Gasteiger partial charge >= 0.3 is 0 Å². The van der Waals surface area contributed by atoms with E-state index in [4.69, 9.17) is 4.74 Å². The van der Waals surface area contributed by atoms with Gasteiger partial charge in [-0.1, -0.05) is 24.3 Å². The highest BCUT2D eigenvalue weighted by molar-refractivity contribution is 7.89. The molecule has 0 aliphatic rings. The Balaban J connectivity index is 1.40. The van der Waals surface area contributed by atoms with E-state index in [0.717, 1.165) is 22.4 Å². The van der Waals surface area contributed by atoms with Crippen molar-refractivity contribution < 1.29 is 17.9 Å². The van der Waals surface area contributed by atoms with Crippen molar-refractivity contribution in [3.63, 3.8) is 0 Å². The maximum absolute atomic E-state index is 12.3. The van der Waals surface area contributed by atoms with E-state index in [9.17, 15) is 13.2 Å². The largest absolute Gasteiger partial charge is 0.495 e. The molecule has 10 heteroatoms. The molecule has 0 fully saturated rings. The lowest BCUT2D eigenvalue weighted by molar-refractivity contribution is -0.116. The van der Waals surface area contributed by atoms with E-state index >= 15 is 0 Å². The van der Waals surface area contributed by atoms with Crippen LogP contribution in [0.1, 0.15) is 11.1 Å². The van der Waals surface area contributed by atoms with Crippen LogP contribution in [0.5, 0.6) is 5.75 Å². The average molecular weight is 478 g/mol. The van der Waals surface area contributed by atoms with Crippen LogP contribution >= 0.6 is 0 Å². The molecule has 2 N–H and O–H groups in total. The highest BCUT2D eigenvalue weighted by Crippen LogP contribution is 2.25. The number of aromatic nitrogens is 3. The third-order valence-electron chi connectivity index (χ3n) is 5.15. The van der Waals surface area contributed by atoms with Crippen molar-refractivity contribution in [2.45, 2.75) is 11.4 Å². The molecule has 9 nitrogen and oxygen atoms in total. The van der Waals surface area contributed by atoms with Crippen molar-refractivity contribution in [3.8, 4) is 11.6 Å². The Morgan fingerprint density at radius 2 is 1.94 bits per heavy atom. The summed E-state index contributed by atoms with van der Waals surface area (Å²) in [6, 6.07) is 16.2. The topological polar surface area (TPSA) is 115 Å². The molecule has 0 aliphatic heterocycles. The van der Waals surface area contributed by atoms with Crippen molar-refractivity contribution in [1.29, 1.82) is 0 Å². The zero-order valence-electron chi connectivity index (χ0n) is 18.6. The number of pyridine rings is 1. The van der Waals surface area contributed by atoms with Crippen LogP contribution in [0.15, 0.2) is 78.1 Å². The number of sulfonamides is 1. The summed E-state index contributed by atoms with van der Waals surface area (Å²) in [7, 11) is -0.984. The molecule has 0 radical (unpaired) electrons. The normalized spacial score (nSPS) is 11.7. The Hall–Kier alpha value is -4.02. The number of carbonyl (C=O) groups excluding carboxylic acids is 1. The van der Waals surface area contributed by atoms with Crippen molar-refractivity contribution in [2.24, 2.45) is 0 Å². The maximum Gasteiger partial charge on any atom is 0.244 e. The van der Waals surface area contributed by atoms with E-state index < -0.39 is 10.0 Å². The van der Waals surface area contributed by atoms with Gasteiger partial charge in [0.25, 0.3) is 0 Å². The minimum Gasteiger partial charge on any atom is -0.495 e. The summed E-state index contributed by atoms with van der Waals surface area (Å²) in [5.74, 6) is 0.629. The minimum absolute atomic E-state index is 0.00288. The lowest BCUT2D eigenvalue weighted by Gasteiger charge is -2.09. The molecule has 0 unspecified atom stereocenters. The quantitative estimate of drug-likeness (QED) is 0.377. The first-order valence-corrected chi connectivity index (χ1v) is 11.8. The lowest BCUT2D eigenvalue weighted by Crippen LogP contribution is -2.20. The van der Waals surface area contributed by atoms with E-state index in [-0.39, 0.29) is 16.6 Å². The summed E-state index contributed by atoms with van der Waals surface area (Å²) in [5.41, 5.74) is 3.23. The second kappa shape index (κ2) is 9.86. The minimum atomic E-state index is -3.70. The van der Waals surface area contributed by atoms with E-state index in [1.54, 1.807) is 24.7 Å². The van der Waals surface area contributed by atoms with Crippen LogP contribution in [-0.2, 0) is 21.4 Å². The fraction of sp³-hybridized carbons (Fsp3) is 0.125. The Labute approximate surface area is 197 Å². The zero-order chi connectivity index (χ0) is 24.1. The van der Waals surface area contributed by atoms with Crippen LogP contribution in [-0.4, -0.2) is 43.0 Å². The molecule has 2 heterocycles. The fourth-order valence-electron chi connectivity index (χ4n) is 3.34. The third kappa shape index (κ3) is 4.98. The summed E-state index contributed by atoms with van der Waals surface area (Å²) in [5, 5.41) is 2.79. The van der Waals surface area contributed by atoms with Gasteiger partial charge in [-0.2, -0.15) is 0 Å². The molecule has 2 aromatic carbocycles. The van der Waals surface area contributed by atoms with Gasteiger partial charge in [0.2, 0.25) is 15.9 Å². The van der Waals surface area contributed by atoms with Crippen molar-refractivity contribution in [2.75, 3.05) is 14.2 Å². The molecule has 0 saturated heterocycles. The molecule has 0 atom stereocenters. The zero-order valence-corrected chi connectivity index (χ0v) is 19.4. The molecule has 2 aromatic heterocycles. The van der Waals surface area contributed by atoms with Gasteiger partial charge in [-0.15, -0.1) is 0 Å². The summed E-state index contributed by atoms with van der Waals surface area (Å²) in [6.45, 7) is 0.295. The van der Waals surface area contributed by atoms with Gasteiger partial charge in [-0.3, -0.25) is 9.36 Å². The highest BCUT2D eigenvalue weighted by atomic mass is 32.2. The van der Waals surface area contributed by atoms with E-state index in [0.29, 0.717) is 12.1 Å². The first-order valence-electron chi connectivity index (χ1n) is 10.4. The Bertz CT molecular complexity index is 1460. The summed E-state index contributed by atoms with van der Waals surface area (Å²) in [6.07, 6.45) is 6.31. The first kappa shape index (κ1) is 23.1. The Kier molecular flexibility index (Phi) is 6.71. The Morgan fingerprint density at radius 1 is 1.12 bits per heavy atom. The Morgan fingerprint density at radius 3 is 2.68 bits per heavy atom. The summed E-state index contributed by atoms with van der Waals surface area (Å²) in [4.78, 5) is 21.1. The van der Waals surface area contributed by atoms with Gasteiger partial charge in [0.1, 0.15) is 22.8 Å². The first-order chi connectivity index (χ1) is 16.4. The van der Waals surface area contributed by atoms with Crippen LogP contribution in [0.2, 0.25) is 0 Å². The molecule has 0 aliphatic carbocycles. The molecular weight excluding hydrogens is 454 g/mol. The number of fused-ring (bicyclic) bond motifs is 1. The van der Waals surface area contributed by atoms with Gasteiger partial charge in [-0.25, -0.2) is 23.1 Å². The van der Waals surface area contributed by atoms with E-state index in [2.05, 4.69) is 20.0 Å². The number of methoxy groups -OCH3 is 1. The number of imidazole rings is 1. The number of para-hydroxylation sites is 2. The maximum atomic E-state index is 12.3. The van der Waals surface area contributed by atoms with Crippen molar-refractivity contribution in [1.82, 2.24) is 24.6 Å². The molecular formula is C24H23N5O4S. The molecule has 1 amide bonds. The number of hydrogen-bond acceptors (Lipinski definition) is 6. The van der Waals surface area contributed by atoms with E-state index in [1.807, 2.05) is 41.0 Å². The summed E-state index contributed by atoms with van der Waals surface area (Å²) >= 11 is 0. The van der Waals surface area contributed by atoms with Crippen LogP contribution in [0.25, 0.3) is 22.9 Å². The monoisotopic (exact) mass is 477 g/mol. The van der Waals surface area contributed by atoms with Crippen molar-refractivity contribution in [3.05, 3.63) is 84.3 Å². The number of hydrogen-bond donors (Lipinski definition) is 2. The van der Waals surface area contributed by atoms with Gasteiger partial charge in [-0.05, 0) is 54.6 Å². The third-order valence-corrected chi connectivity index (χ3v) is 6.58. The molecule has 0 bridgehead atoms. The van der Waals surface area contributed by atoms with E-state index in [1.165, 1.54) is 32.4 Å². The van der Waals surface area contributed by atoms with Gasteiger partial charge in [0.15, 0.2) is 0 Å². The molecule has 4 rings (SSSR count). The van der Waals surface area contributed by atoms with Crippen LogP contribution in [0, 0.1) is 0 Å². The number of benzene rings is 2. The van der Waals surface area contributed by atoms with Crippen LogP contribution < -0.4 is 14.8 Å². The van der Waals surface area contributed by atoms with Gasteiger partial charge < -0.3 is 10.1 Å². The number of ether oxygens (including phenoxy) is 1. The number of carbonyl (C=O) groups is 1.